The number of hydrogen-bond acceptors (Lipinski definition) is 2. The summed E-state index contributed by atoms with van der Waals surface area (Å²) in [5, 5.41) is 5.12. The largest absolute Gasteiger partial charge is 0.300 e. The zero-order valence-electron chi connectivity index (χ0n) is 10.2. The summed E-state index contributed by atoms with van der Waals surface area (Å²) < 4.78 is 1.83. The predicted molar refractivity (Wildman–Crippen MR) is 65.8 cm³/mol. The van der Waals surface area contributed by atoms with Gasteiger partial charge in [0.15, 0.2) is 0 Å². The van der Waals surface area contributed by atoms with E-state index in [9.17, 15) is 4.79 Å². The average Bonchev–Trinajstić information content (AvgIpc) is 2.55. The fourth-order valence-corrected chi connectivity index (χ4v) is 2.11. The van der Waals surface area contributed by atoms with Crippen molar-refractivity contribution in [3.8, 4) is 0 Å². The molecule has 0 amide bonds. The van der Waals surface area contributed by atoms with Crippen LogP contribution in [0.4, 0.5) is 0 Å². The third-order valence-corrected chi connectivity index (χ3v) is 3.20. The van der Waals surface area contributed by atoms with E-state index in [4.69, 9.17) is 11.6 Å². The van der Waals surface area contributed by atoms with Gasteiger partial charge >= 0.3 is 0 Å². The second kappa shape index (κ2) is 6.04. The third-order valence-electron chi connectivity index (χ3n) is 2.77. The lowest BCUT2D eigenvalue weighted by Crippen LogP contribution is -2.01. The molecule has 0 fully saturated rings. The first-order valence-corrected chi connectivity index (χ1v) is 6.19. The fourth-order valence-electron chi connectivity index (χ4n) is 1.72. The van der Waals surface area contributed by atoms with Crippen LogP contribution in [-0.2, 0) is 24.7 Å². The molecule has 90 valence electrons. The molecule has 1 aromatic rings. The van der Waals surface area contributed by atoms with Crippen LogP contribution in [0, 0.1) is 0 Å². The molecule has 0 aromatic carbocycles. The Hall–Kier alpha value is -0.830. The van der Waals surface area contributed by atoms with Gasteiger partial charge in [0.05, 0.1) is 16.4 Å². The summed E-state index contributed by atoms with van der Waals surface area (Å²) in [5.74, 6) is 0.314. The first kappa shape index (κ1) is 13.2. The number of hydrogen-bond donors (Lipinski definition) is 0. The molecular weight excluding hydrogens is 224 g/mol. The monoisotopic (exact) mass is 242 g/mol. The van der Waals surface area contributed by atoms with E-state index in [1.807, 2.05) is 25.6 Å². The van der Waals surface area contributed by atoms with Crippen molar-refractivity contribution in [3.63, 3.8) is 0 Å². The standard InChI is InChI=1S/C12H19ClN2O/c1-4-9(16)7-6-8-11-12(13)10(5-2)14-15(11)3/h4-8H2,1-3H3. The zero-order chi connectivity index (χ0) is 12.1. The molecule has 0 saturated carbocycles. The summed E-state index contributed by atoms with van der Waals surface area (Å²) in [7, 11) is 1.90. The summed E-state index contributed by atoms with van der Waals surface area (Å²) in [6, 6.07) is 0. The van der Waals surface area contributed by atoms with Crippen LogP contribution in [0.3, 0.4) is 0 Å². The Balaban J connectivity index is 2.60. The molecule has 0 atom stereocenters. The third kappa shape index (κ3) is 3.08. The summed E-state index contributed by atoms with van der Waals surface area (Å²) in [6.07, 6.45) is 3.79. The molecule has 0 saturated heterocycles. The molecule has 0 aliphatic carbocycles. The molecule has 0 aliphatic heterocycles. The first-order chi connectivity index (χ1) is 7.60. The minimum atomic E-state index is 0.314. The maximum absolute atomic E-state index is 11.2. The Morgan fingerprint density at radius 3 is 2.62 bits per heavy atom. The molecule has 16 heavy (non-hydrogen) atoms. The Morgan fingerprint density at radius 2 is 2.12 bits per heavy atom. The van der Waals surface area contributed by atoms with E-state index < -0.39 is 0 Å². The number of rotatable bonds is 6. The van der Waals surface area contributed by atoms with Crippen LogP contribution in [0.2, 0.25) is 5.02 Å². The van der Waals surface area contributed by atoms with Gasteiger partial charge in [-0.1, -0.05) is 25.4 Å². The van der Waals surface area contributed by atoms with Crippen molar-refractivity contribution in [2.45, 2.75) is 46.0 Å². The number of ketones is 1. The van der Waals surface area contributed by atoms with Crippen LogP contribution >= 0.6 is 11.6 Å². The van der Waals surface area contributed by atoms with Crippen LogP contribution in [0.25, 0.3) is 0 Å². The van der Waals surface area contributed by atoms with Gasteiger partial charge in [-0.25, -0.2) is 0 Å². The van der Waals surface area contributed by atoms with Crippen LogP contribution in [0.5, 0.6) is 0 Å². The fraction of sp³-hybridized carbons (Fsp3) is 0.667. The smallest absolute Gasteiger partial charge is 0.132 e. The Kier molecular flexibility index (Phi) is 5.00. The van der Waals surface area contributed by atoms with Crippen molar-refractivity contribution in [1.29, 1.82) is 0 Å². The van der Waals surface area contributed by atoms with E-state index in [1.165, 1.54) is 0 Å². The summed E-state index contributed by atoms with van der Waals surface area (Å²) in [6.45, 7) is 3.94. The number of Topliss-reactive ketones (excluding diaryl/α,β-unsaturated/α-hetero) is 1. The molecule has 4 heteroatoms. The highest BCUT2D eigenvalue weighted by atomic mass is 35.5. The Bertz CT molecular complexity index is 371. The van der Waals surface area contributed by atoms with Crippen molar-refractivity contribution < 1.29 is 4.79 Å². The van der Waals surface area contributed by atoms with E-state index in [0.29, 0.717) is 18.6 Å². The molecular formula is C12H19ClN2O. The normalized spacial score (nSPS) is 10.8. The summed E-state index contributed by atoms with van der Waals surface area (Å²) in [5.41, 5.74) is 1.99. The number of carbonyl (C=O) groups is 1. The van der Waals surface area contributed by atoms with Gasteiger partial charge in [-0.05, 0) is 19.3 Å². The van der Waals surface area contributed by atoms with Crippen molar-refractivity contribution in [2.24, 2.45) is 7.05 Å². The summed E-state index contributed by atoms with van der Waals surface area (Å²) in [4.78, 5) is 11.2. The second-order valence-electron chi connectivity index (χ2n) is 3.93. The van der Waals surface area contributed by atoms with Gasteiger partial charge < -0.3 is 0 Å². The lowest BCUT2D eigenvalue weighted by atomic mass is 10.1. The van der Waals surface area contributed by atoms with E-state index in [1.54, 1.807) is 0 Å². The zero-order valence-corrected chi connectivity index (χ0v) is 11.0. The van der Waals surface area contributed by atoms with E-state index in [2.05, 4.69) is 5.10 Å². The molecule has 0 bridgehead atoms. The maximum Gasteiger partial charge on any atom is 0.132 e. The van der Waals surface area contributed by atoms with E-state index in [0.717, 1.165) is 35.7 Å². The van der Waals surface area contributed by atoms with Gasteiger partial charge in [-0.3, -0.25) is 9.48 Å². The van der Waals surface area contributed by atoms with Gasteiger partial charge in [0.25, 0.3) is 0 Å². The van der Waals surface area contributed by atoms with Crippen LogP contribution in [0.1, 0.15) is 44.5 Å². The molecule has 0 unspecified atom stereocenters. The molecule has 3 nitrogen and oxygen atoms in total. The lowest BCUT2D eigenvalue weighted by Gasteiger charge is -2.01. The highest BCUT2D eigenvalue weighted by molar-refractivity contribution is 6.31. The minimum absolute atomic E-state index is 0.314. The molecule has 0 aliphatic rings. The number of carbonyl (C=O) groups excluding carboxylic acids is 1. The van der Waals surface area contributed by atoms with Crippen molar-refractivity contribution in [2.75, 3.05) is 0 Å². The highest BCUT2D eigenvalue weighted by Crippen LogP contribution is 2.22. The lowest BCUT2D eigenvalue weighted by molar-refractivity contribution is -0.118. The first-order valence-electron chi connectivity index (χ1n) is 5.82. The van der Waals surface area contributed by atoms with Crippen molar-refractivity contribution >= 4 is 17.4 Å². The van der Waals surface area contributed by atoms with Gasteiger partial charge in [-0.15, -0.1) is 0 Å². The van der Waals surface area contributed by atoms with Crippen molar-refractivity contribution in [1.82, 2.24) is 9.78 Å². The topological polar surface area (TPSA) is 34.9 Å². The number of nitrogens with zero attached hydrogens (tertiary/aromatic N) is 2. The molecule has 0 spiro atoms. The molecule has 1 aromatic heterocycles. The Labute approximate surface area is 102 Å². The molecule has 1 rings (SSSR count). The Morgan fingerprint density at radius 1 is 1.44 bits per heavy atom. The predicted octanol–water partition coefficient (Wildman–Crippen LogP) is 2.94. The van der Waals surface area contributed by atoms with Gasteiger partial charge in [0, 0.05) is 19.9 Å². The van der Waals surface area contributed by atoms with Crippen LogP contribution < -0.4 is 0 Å². The SMILES string of the molecule is CCC(=O)CCCc1c(Cl)c(CC)nn1C. The van der Waals surface area contributed by atoms with E-state index in [-0.39, 0.29) is 0 Å². The van der Waals surface area contributed by atoms with E-state index >= 15 is 0 Å². The number of aryl methyl sites for hydroxylation is 2. The molecule has 0 radical (unpaired) electrons. The summed E-state index contributed by atoms with van der Waals surface area (Å²) >= 11 is 6.21. The molecule has 0 N–H and O–H groups in total. The van der Waals surface area contributed by atoms with Crippen molar-refractivity contribution in [3.05, 3.63) is 16.4 Å². The van der Waals surface area contributed by atoms with Gasteiger partial charge in [0.1, 0.15) is 5.78 Å². The quantitative estimate of drug-likeness (QED) is 0.769. The van der Waals surface area contributed by atoms with Crippen LogP contribution in [-0.4, -0.2) is 15.6 Å². The minimum Gasteiger partial charge on any atom is -0.300 e. The number of halogens is 1. The highest BCUT2D eigenvalue weighted by Gasteiger charge is 2.12. The van der Waals surface area contributed by atoms with Gasteiger partial charge in [0.2, 0.25) is 0 Å². The van der Waals surface area contributed by atoms with Crippen LogP contribution in [0.15, 0.2) is 0 Å². The maximum atomic E-state index is 11.2. The number of aromatic nitrogens is 2. The van der Waals surface area contributed by atoms with Gasteiger partial charge in [-0.2, -0.15) is 5.10 Å². The second-order valence-corrected chi connectivity index (χ2v) is 4.31. The average molecular weight is 243 g/mol. The molecule has 1 heterocycles.